The van der Waals surface area contributed by atoms with Crippen LogP contribution in [0.3, 0.4) is 0 Å². The van der Waals surface area contributed by atoms with Crippen molar-refractivity contribution in [1.29, 1.82) is 0 Å². The Kier molecular flexibility index (Phi) is 5.64. The number of nitrogens with two attached hydrogens (primary N) is 1. The molecule has 7 heteroatoms. The predicted octanol–water partition coefficient (Wildman–Crippen LogP) is 5.42. The number of methoxy groups -OCH3 is 1. The normalized spacial score (nSPS) is 21.7. The van der Waals surface area contributed by atoms with Crippen LogP contribution in [-0.4, -0.2) is 24.2 Å². The number of ether oxygens (including phenoxy) is 2. The van der Waals surface area contributed by atoms with Crippen LogP contribution < -0.4 is 15.2 Å². The van der Waals surface area contributed by atoms with Crippen molar-refractivity contribution in [2.75, 3.05) is 13.7 Å². The summed E-state index contributed by atoms with van der Waals surface area (Å²) in [6, 6.07) is 6.75. The topological polar surface area (TPSA) is 60.3 Å². The zero-order valence-electron chi connectivity index (χ0n) is 16.8. The molecule has 4 nitrogen and oxygen atoms in total. The molecule has 0 radical (unpaired) electrons. The molecule has 1 heterocycles. The Morgan fingerprint density at radius 2 is 1.77 bits per heavy atom. The average Bonchev–Trinajstić information content (AvgIpc) is 3.14. The monoisotopic (exact) mass is 418 g/mol. The molecule has 0 saturated heterocycles. The number of aromatic nitrogens is 1. The third-order valence-electron chi connectivity index (χ3n) is 6.16. The van der Waals surface area contributed by atoms with Gasteiger partial charge in [0.05, 0.1) is 13.7 Å². The number of rotatable bonds is 6. The lowest BCUT2D eigenvalue weighted by Gasteiger charge is -2.37. The summed E-state index contributed by atoms with van der Waals surface area (Å²) in [5.41, 5.74) is 8.27. The Bertz CT molecular complexity index is 1040. The second kappa shape index (κ2) is 8.22. The highest BCUT2D eigenvalue weighted by atomic mass is 19.2. The summed E-state index contributed by atoms with van der Waals surface area (Å²) < 4.78 is 51.2. The number of benzene rings is 2. The summed E-state index contributed by atoms with van der Waals surface area (Å²) in [7, 11) is 1.38. The fraction of sp³-hybridized carbons (Fsp3) is 0.391. The maximum Gasteiger partial charge on any atom is 0.164 e. The quantitative estimate of drug-likeness (QED) is 0.562. The van der Waals surface area contributed by atoms with Crippen LogP contribution in [0.1, 0.15) is 43.6 Å². The van der Waals surface area contributed by atoms with E-state index in [4.69, 9.17) is 15.2 Å². The second-order valence-corrected chi connectivity index (χ2v) is 8.09. The molecule has 0 bridgehead atoms. The molecule has 0 aliphatic heterocycles. The van der Waals surface area contributed by atoms with Gasteiger partial charge in [0.25, 0.3) is 0 Å². The summed E-state index contributed by atoms with van der Waals surface area (Å²) in [6.45, 7) is 0.279. The van der Waals surface area contributed by atoms with Gasteiger partial charge in [-0.2, -0.15) is 0 Å². The Balaban J connectivity index is 1.36. The van der Waals surface area contributed by atoms with Crippen LogP contribution in [-0.2, 0) is 0 Å². The first-order chi connectivity index (χ1) is 14.4. The minimum Gasteiger partial charge on any atom is -0.493 e. The zero-order valence-corrected chi connectivity index (χ0v) is 16.8. The van der Waals surface area contributed by atoms with E-state index >= 15 is 0 Å². The fourth-order valence-corrected chi connectivity index (χ4v) is 4.35. The van der Waals surface area contributed by atoms with Gasteiger partial charge in [-0.05, 0) is 61.8 Å². The van der Waals surface area contributed by atoms with Crippen molar-refractivity contribution in [1.82, 2.24) is 4.98 Å². The van der Waals surface area contributed by atoms with Gasteiger partial charge in [-0.3, -0.25) is 0 Å². The molecule has 0 amide bonds. The third-order valence-corrected chi connectivity index (χ3v) is 6.16. The van der Waals surface area contributed by atoms with E-state index in [1.54, 1.807) is 12.1 Å². The van der Waals surface area contributed by atoms with E-state index in [1.165, 1.54) is 13.2 Å². The molecule has 0 spiro atoms. The lowest BCUT2D eigenvalue weighted by Crippen LogP contribution is -2.44. The van der Waals surface area contributed by atoms with Crippen LogP contribution in [0.2, 0.25) is 0 Å². The second-order valence-electron chi connectivity index (χ2n) is 8.09. The molecule has 0 unspecified atom stereocenters. The number of nitrogens with one attached hydrogen (secondary N) is 1. The van der Waals surface area contributed by atoms with Crippen LogP contribution in [0.4, 0.5) is 13.2 Å². The number of aromatic amines is 1. The van der Waals surface area contributed by atoms with E-state index in [0.29, 0.717) is 12.3 Å². The highest BCUT2D eigenvalue weighted by molar-refractivity contribution is 5.83. The third kappa shape index (κ3) is 4.12. The number of H-pyrrole nitrogens is 1. The average molecular weight is 418 g/mol. The molecule has 2 aromatic carbocycles. The lowest BCUT2D eigenvalue weighted by atomic mass is 9.73. The molecule has 1 fully saturated rings. The Morgan fingerprint density at radius 1 is 1.07 bits per heavy atom. The molecule has 30 heavy (non-hydrogen) atoms. The van der Waals surface area contributed by atoms with Crippen LogP contribution in [0.5, 0.6) is 11.5 Å². The van der Waals surface area contributed by atoms with Gasteiger partial charge < -0.3 is 20.2 Å². The van der Waals surface area contributed by atoms with Crippen molar-refractivity contribution in [2.45, 2.75) is 43.6 Å². The maximum atomic E-state index is 13.7. The van der Waals surface area contributed by atoms with E-state index in [0.717, 1.165) is 54.3 Å². The molecule has 1 saturated carbocycles. The SMILES string of the molecule is COc1cc(F)c(F)cc1OCCC1(N)CCC(c2c[nH]c3ccc(F)cc23)CC1. The summed E-state index contributed by atoms with van der Waals surface area (Å²) in [4.78, 5) is 3.22. The van der Waals surface area contributed by atoms with Crippen molar-refractivity contribution in [3.8, 4) is 11.5 Å². The Morgan fingerprint density at radius 3 is 2.47 bits per heavy atom. The maximum absolute atomic E-state index is 13.7. The molecule has 3 N–H and O–H groups in total. The number of halogens is 3. The van der Waals surface area contributed by atoms with Crippen LogP contribution >= 0.6 is 0 Å². The Labute approximate surface area is 173 Å². The molecular weight excluding hydrogens is 393 g/mol. The number of fused-ring (bicyclic) bond motifs is 1. The van der Waals surface area contributed by atoms with Crippen molar-refractivity contribution >= 4 is 10.9 Å². The molecule has 1 aliphatic carbocycles. The van der Waals surface area contributed by atoms with Gasteiger partial charge in [0.15, 0.2) is 23.1 Å². The van der Waals surface area contributed by atoms with Gasteiger partial charge in [-0.1, -0.05) is 0 Å². The summed E-state index contributed by atoms with van der Waals surface area (Å²) >= 11 is 0. The van der Waals surface area contributed by atoms with Crippen LogP contribution in [0.15, 0.2) is 36.5 Å². The first kappa shape index (κ1) is 20.6. The number of hydrogen-bond donors (Lipinski definition) is 2. The van der Waals surface area contributed by atoms with Crippen LogP contribution in [0, 0.1) is 17.5 Å². The molecule has 1 aromatic heterocycles. The number of hydrogen-bond acceptors (Lipinski definition) is 3. The van der Waals surface area contributed by atoms with Crippen molar-refractivity contribution in [3.05, 3.63) is 59.5 Å². The van der Waals surface area contributed by atoms with Crippen molar-refractivity contribution < 1.29 is 22.6 Å². The van der Waals surface area contributed by atoms with Gasteiger partial charge in [0.1, 0.15) is 5.82 Å². The van der Waals surface area contributed by atoms with Gasteiger partial charge in [0, 0.05) is 34.8 Å². The molecule has 1 aliphatic rings. The standard InChI is InChI=1S/C23H25F3N2O2/c1-29-21-11-18(25)19(26)12-22(21)30-9-8-23(27)6-4-14(5-7-23)17-13-28-20-3-2-15(24)10-16(17)20/h2-3,10-14,28H,4-9,27H2,1H3. The van der Waals surface area contributed by atoms with E-state index in [-0.39, 0.29) is 29.5 Å². The molecular formula is C23H25F3N2O2. The first-order valence-corrected chi connectivity index (χ1v) is 10.1. The summed E-state index contributed by atoms with van der Waals surface area (Å²) in [6.07, 6.45) is 5.96. The van der Waals surface area contributed by atoms with Crippen molar-refractivity contribution in [2.24, 2.45) is 5.73 Å². The molecule has 4 rings (SSSR count). The van der Waals surface area contributed by atoms with Crippen molar-refractivity contribution in [3.63, 3.8) is 0 Å². The smallest absolute Gasteiger partial charge is 0.164 e. The van der Waals surface area contributed by atoms with Gasteiger partial charge in [0.2, 0.25) is 0 Å². The minimum atomic E-state index is -0.982. The predicted molar refractivity (Wildman–Crippen MR) is 109 cm³/mol. The van der Waals surface area contributed by atoms with Gasteiger partial charge in [-0.15, -0.1) is 0 Å². The minimum absolute atomic E-state index is 0.148. The highest BCUT2D eigenvalue weighted by Crippen LogP contribution is 2.41. The molecule has 3 aromatic rings. The van der Waals surface area contributed by atoms with Gasteiger partial charge in [-0.25, -0.2) is 13.2 Å². The lowest BCUT2D eigenvalue weighted by molar-refractivity contribution is 0.200. The van der Waals surface area contributed by atoms with E-state index in [9.17, 15) is 13.2 Å². The highest BCUT2D eigenvalue weighted by Gasteiger charge is 2.33. The summed E-state index contributed by atoms with van der Waals surface area (Å²) in [5.74, 6) is -1.57. The Hall–Kier alpha value is -2.67. The van der Waals surface area contributed by atoms with Crippen LogP contribution in [0.25, 0.3) is 10.9 Å². The molecule has 0 atom stereocenters. The van der Waals surface area contributed by atoms with E-state index in [2.05, 4.69) is 4.98 Å². The first-order valence-electron chi connectivity index (χ1n) is 10.1. The largest absolute Gasteiger partial charge is 0.493 e. The molecule has 160 valence electrons. The zero-order chi connectivity index (χ0) is 21.3. The summed E-state index contributed by atoms with van der Waals surface area (Å²) in [5, 5.41) is 0.929. The fourth-order valence-electron chi connectivity index (χ4n) is 4.35. The van der Waals surface area contributed by atoms with E-state index < -0.39 is 11.6 Å². The van der Waals surface area contributed by atoms with E-state index in [1.807, 2.05) is 6.20 Å². The van der Waals surface area contributed by atoms with Gasteiger partial charge >= 0.3 is 0 Å².